The molecular formula is C15H24N2O17P2. The van der Waals surface area contributed by atoms with Gasteiger partial charge in [0.1, 0.15) is 42.7 Å². The molecule has 0 aromatic carbocycles. The van der Waals surface area contributed by atoms with Crippen LogP contribution in [0.1, 0.15) is 6.23 Å². The molecule has 2 fully saturated rings. The van der Waals surface area contributed by atoms with Gasteiger partial charge in [0.2, 0.25) is 0 Å². The monoisotopic (exact) mass is 567 g/mol. The molecule has 0 bridgehead atoms. The molecule has 1 aromatic rings. The van der Waals surface area contributed by atoms with E-state index in [1.807, 2.05) is 4.98 Å². The van der Waals surface area contributed by atoms with Crippen LogP contribution in [-0.4, -0.2) is 112 Å². The Morgan fingerprint density at radius 1 is 0.917 bits per heavy atom. The van der Waals surface area contributed by atoms with E-state index in [4.69, 9.17) is 14.6 Å². The minimum absolute atomic E-state index is 0.723. The number of aromatic nitrogens is 2. The van der Waals surface area contributed by atoms with Crippen molar-refractivity contribution in [2.45, 2.75) is 55.2 Å². The fourth-order valence-corrected chi connectivity index (χ4v) is 5.51. The van der Waals surface area contributed by atoms with E-state index in [0.717, 1.165) is 16.8 Å². The number of hydrogen-bond acceptors (Lipinski definition) is 15. The van der Waals surface area contributed by atoms with Crippen molar-refractivity contribution in [1.82, 2.24) is 9.55 Å². The predicted octanol–water partition coefficient (Wildman–Crippen LogP) is -4.79. The van der Waals surface area contributed by atoms with Crippen molar-refractivity contribution >= 4 is 15.6 Å². The molecule has 0 radical (unpaired) electrons. The first-order chi connectivity index (χ1) is 16.7. The molecule has 21 heteroatoms. The molecule has 0 spiro atoms. The molecule has 36 heavy (non-hydrogen) atoms. The number of aliphatic hydroxyl groups is 6. The highest BCUT2D eigenvalue weighted by atomic mass is 31.3. The standard InChI is InChI=1S/C15H24N2O17P2/c18-3-5-8(20)10(22)12(24)14(32-5)33-36(28,29)34-35(26,27)30-4-6-9(21)11(23)13(31-6)17-2-1-7(19)16-15(17)25/h1-2,5-6,8-14,18,20-24H,3-4H2,(H,26,27)(H,28,29)(H,16,19,25)/t5-,6-,8+,9-,10+,11-,12-,13-,14-/m1/s1/i14+1. The van der Waals surface area contributed by atoms with Crippen molar-refractivity contribution in [2.24, 2.45) is 0 Å². The summed E-state index contributed by atoms with van der Waals surface area (Å²) in [6.07, 6.45) is -15.4. The molecule has 9 N–H and O–H groups in total. The molecule has 0 aliphatic carbocycles. The van der Waals surface area contributed by atoms with E-state index in [1.165, 1.54) is 0 Å². The zero-order chi connectivity index (χ0) is 27.0. The fourth-order valence-electron chi connectivity index (χ4n) is 3.35. The third-order valence-corrected chi connectivity index (χ3v) is 7.76. The maximum absolute atomic E-state index is 12.2. The summed E-state index contributed by atoms with van der Waals surface area (Å²) >= 11 is 0. The highest BCUT2D eigenvalue weighted by Crippen LogP contribution is 2.61. The van der Waals surface area contributed by atoms with Crippen LogP contribution in [0.15, 0.2) is 21.9 Å². The Morgan fingerprint density at radius 2 is 1.56 bits per heavy atom. The Balaban J connectivity index is 1.61. The van der Waals surface area contributed by atoms with Crippen LogP contribution in [-0.2, 0) is 32.0 Å². The lowest BCUT2D eigenvalue weighted by Gasteiger charge is -2.39. The second-order valence-electron chi connectivity index (χ2n) is 7.68. The number of nitrogens with one attached hydrogen (secondary N) is 1. The van der Waals surface area contributed by atoms with Crippen LogP contribution in [0.2, 0.25) is 0 Å². The third kappa shape index (κ3) is 6.54. The lowest BCUT2D eigenvalue weighted by molar-refractivity contribution is -0.280. The minimum Gasteiger partial charge on any atom is -0.394 e. The molecular weight excluding hydrogens is 543 g/mol. The number of hydrogen-bond donors (Lipinski definition) is 9. The number of aromatic amines is 1. The lowest BCUT2D eigenvalue weighted by atomic mass is 10.0. The summed E-state index contributed by atoms with van der Waals surface area (Å²) < 4.78 is 48.1. The summed E-state index contributed by atoms with van der Waals surface area (Å²) in [6, 6.07) is 0.928. The molecule has 0 amide bonds. The average Bonchev–Trinajstić information content (AvgIpc) is 3.06. The molecule has 2 aliphatic heterocycles. The van der Waals surface area contributed by atoms with Gasteiger partial charge >= 0.3 is 21.3 Å². The quantitative estimate of drug-likeness (QED) is 0.0999. The summed E-state index contributed by atoms with van der Waals surface area (Å²) in [5, 5.41) is 58.6. The first-order valence-corrected chi connectivity index (χ1v) is 13.0. The van der Waals surface area contributed by atoms with Gasteiger partial charge in [0, 0.05) is 12.3 Å². The van der Waals surface area contributed by atoms with Crippen LogP contribution in [0.4, 0.5) is 0 Å². The summed E-state index contributed by atoms with van der Waals surface area (Å²) in [7, 11) is -11.1. The molecule has 3 rings (SSSR count). The van der Waals surface area contributed by atoms with Gasteiger partial charge in [-0.1, -0.05) is 0 Å². The Labute approximate surface area is 199 Å². The van der Waals surface area contributed by atoms with E-state index in [2.05, 4.69) is 13.4 Å². The minimum atomic E-state index is -5.59. The van der Waals surface area contributed by atoms with E-state index in [1.54, 1.807) is 0 Å². The van der Waals surface area contributed by atoms with Crippen LogP contribution in [0.5, 0.6) is 0 Å². The fraction of sp³-hybridized carbons (Fsp3) is 0.733. The Morgan fingerprint density at radius 3 is 2.17 bits per heavy atom. The normalized spacial score (nSPS) is 38.4. The highest BCUT2D eigenvalue weighted by Gasteiger charge is 2.49. The molecule has 206 valence electrons. The van der Waals surface area contributed by atoms with Gasteiger partial charge in [-0.3, -0.25) is 23.4 Å². The van der Waals surface area contributed by atoms with E-state index in [0.29, 0.717) is 0 Å². The highest BCUT2D eigenvalue weighted by molar-refractivity contribution is 7.61. The molecule has 2 unspecified atom stereocenters. The third-order valence-electron chi connectivity index (χ3n) is 5.16. The van der Waals surface area contributed by atoms with Gasteiger partial charge < -0.3 is 49.9 Å². The number of aliphatic hydroxyl groups excluding tert-OH is 6. The summed E-state index contributed by atoms with van der Waals surface area (Å²) in [5.74, 6) is 0. The van der Waals surface area contributed by atoms with Crippen LogP contribution in [0.3, 0.4) is 0 Å². The average molecular weight is 567 g/mol. The molecule has 11 atom stereocenters. The van der Waals surface area contributed by atoms with Crippen molar-refractivity contribution in [3.8, 4) is 0 Å². The molecule has 0 saturated carbocycles. The van der Waals surface area contributed by atoms with Crippen LogP contribution in [0.25, 0.3) is 0 Å². The van der Waals surface area contributed by atoms with E-state index < -0.39 is 95.4 Å². The molecule has 1 aromatic heterocycles. The Kier molecular flexibility index (Phi) is 9.05. The zero-order valence-electron chi connectivity index (χ0n) is 17.9. The Hall–Kier alpha value is -1.38. The van der Waals surface area contributed by atoms with Crippen molar-refractivity contribution in [3.05, 3.63) is 33.1 Å². The largest absolute Gasteiger partial charge is 0.483 e. The van der Waals surface area contributed by atoms with E-state index in [-0.39, 0.29) is 0 Å². The van der Waals surface area contributed by atoms with Gasteiger partial charge in [0.15, 0.2) is 12.5 Å². The number of phosphoric ester groups is 2. The smallest absolute Gasteiger partial charge is 0.394 e. The number of rotatable bonds is 9. The van der Waals surface area contributed by atoms with Crippen molar-refractivity contribution < 1.29 is 72.4 Å². The first kappa shape index (κ1) is 29.2. The maximum atomic E-state index is 12.2. The van der Waals surface area contributed by atoms with Gasteiger partial charge in [0.25, 0.3) is 5.56 Å². The second kappa shape index (κ2) is 11.2. The first-order valence-electron chi connectivity index (χ1n) is 9.99. The van der Waals surface area contributed by atoms with E-state index in [9.17, 15) is 54.0 Å². The number of nitrogens with zero attached hydrogens (tertiary/aromatic N) is 1. The van der Waals surface area contributed by atoms with Gasteiger partial charge in [-0.2, -0.15) is 4.31 Å². The maximum Gasteiger partial charge on any atom is 0.483 e. The number of H-pyrrole nitrogens is 1. The van der Waals surface area contributed by atoms with Gasteiger partial charge in [-0.05, 0) is 0 Å². The number of phosphoric acid groups is 2. The van der Waals surface area contributed by atoms with Crippen LogP contribution >= 0.6 is 15.6 Å². The van der Waals surface area contributed by atoms with Crippen LogP contribution < -0.4 is 11.2 Å². The van der Waals surface area contributed by atoms with Gasteiger partial charge in [-0.15, -0.1) is 0 Å². The molecule has 2 aliphatic rings. The predicted molar refractivity (Wildman–Crippen MR) is 109 cm³/mol. The topological polar surface area (TPSA) is 297 Å². The zero-order valence-corrected chi connectivity index (χ0v) is 19.6. The molecule has 3 heterocycles. The lowest BCUT2D eigenvalue weighted by Crippen LogP contribution is -2.58. The van der Waals surface area contributed by atoms with Crippen molar-refractivity contribution in [2.75, 3.05) is 13.2 Å². The number of ether oxygens (including phenoxy) is 2. The Bertz CT molecular complexity index is 1120. The van der Waals surface area contributed by atoms with Crippen molar-refractivity contribution in [3.63, 3.8) is 0 Å². The van der Waals surface area contributed by atoms with E-state index >= 15 is 0 Å². The SMILES string of the molecule is O=c1ccn([C@@H]2O[C@H](COP(=O)(O)OP(=O)(O)O[13C@H]3O[C@H](CO)[C@H](O)[C@H](O)[C@H]3O)[C@@H](O)[C@H]2O)c(=O)[nH]1. The van der Waals surface area contributed by atoms with Crippen LogP contribution in [0, 0.1) is 0 Å². The summed E-state index contributed by atoms with van der Waals surface area (Å²) in [6.45, 7) is -1.93. The summed E-state index contributed by atoms with van der Waals surface area (Å²) in [5.41, 5.74) is -1.75. The summed E-state index contributed by atoms with van der Waals surface area (Å²) in [4.78, 5) is 44.5. The van der Waals surface area contributed by atoms with Gasteiger partial charge in [-0.25, -0.2) is 13.9 Å². The van der Waals surface area contributed by atoms with Gasteiger partial charge in [0.05, 0.1) is 13.2 Å². The molecule has 19 nitrogen and oxygen atoms in total. The second-order valence-corrected chi connectivity index (χ2v) is 10.7. The molecule has 2 saturated heterocycles. The van der Waals surface area contributed by atoms with Crippen molar-refractivity contribution in [1.29, 1.82) is 0 Å².